The number of hydrogen-bond donors (Lipinski definition) is 1. The maximum absolute atomic E-state index is 13.0. The average Bonchev–Trinajstić information content (AvgIpc) is 2.67. The van der Waals surface area contributed by atoms with Crippen molar-refractivity contribution in [3.8, 4) is 0 Å². The monoisotopic (exact) mass is 199 g/mol. The summed E-state index contributed by atoms with van der Waals surface area (Å²) in [6, 6.07) is 0. The Balaban J connectivity index is 2.23. The van der Waals surface area contributed by atoms with Gasteiger partial charge < -0.3 is 5.11 Å². The zero-order valence-corrected chi connectivity index (χ0v) is 8.31. The third-order valence-electron chi connectivity index (χ3n) is 2.99. The first-order valence-electron chi connectivity index (χ1n) is 4.79. The molecule has 2 rings (SSSR count). The van der Waals surface area contributed by atoms with Gasteiger partial charge in [0.05, 0.1) is 0 Å². The Morgan fingerprint density at radius 3 is 3.00 bits per heavy atom. The molecule has 4 nitrogen and oxygen atoms in total. The summed E-state index contributed by atoms with van der Waals surface area (Å²) in [4.78, 5) is 3.96. The third-order valence-corrected chi connectivity index (χ3v) is 2.99. The molecule has 1 saturated carbocycles. The fourth-order valence-corrected chi connectivity index (χ4v) is 1.63. The van der Waals surface area contributed by atoms with Gasteiger partial charge in [0.2, 0.25) is 0 Å². The van der Waals surface area contributed by atoms with Crippen molar-refractivity contribution in [2.75, 3.05) is 0 Å². The first-order valence-corrected chi connectivity index (χ1v) is 4.79. The molecule has 1 heterocycles. The Labute approximate surface area is 81.8 Å². The van der Waals surface area contributed by atoms with Gasteiger partial charge in [-0.3, -0.25) is 0 Å². The lowest BCUT2D eigenvalue weighted by Crippen LogP contribution is -2.18. The molecule has 1 aliphatic carbocycles. The first kappa shape index (κ1) is 9.58. The fraction of sp³-hybridized carbons (Fsp3) is 0.778. The van der Waals surface area contributed by atoms with Crippen molar-refractivity contribution >= 4 is 0 Å². The summed E-state index contributed by atoms with van der Waals surface area (Å²) in [6.45, 7) is 4.28. The minimum Gasteiger partial charge on any atom is -0.384 e. The van der Waals surface area contributed by atoms with Crippen LogP contribution in [0.2, 0.25) is 0 Å². The quantitative estimate of drug-likeness (QED) is 0.792. The highest BCUT2D eigenvalue weighted by atomic mass is 19.1. The molecule has 3 atom stereocenters. The van der Waals surface area contributed by atoms with E-state index in [0.717, 1.165) is 0 Å². The van der Waals surface area contributed by atoms with Gasteiger partial charge in [-0.2, -0.15) is 5.10 Å². The Morgan fingerprint density at radius 1 is 1.86 bits per heavy atom. The molecule has 0 aromatic carbocycles. The lowest BCUT2D eigenvalue weighted by atomic mass is 10.0. The van der Waals surface area contributed by atoms with E-state index >= 15 is 0 Å². The molecular formula is C9H14FN3O. The second kappa shape index (κ2) is 3.02. The largest absolute Gasteiger partial charge is 0.384 e. The molecule has 1 aliphatic rings. The second-order valence-corrected chi connectivity index (χ2v) is 4.01. The van der Waals surface area contributed by atoms with Crippen molar-refractivity contribution in [2.24, 2.45) is 5.41 Å². The van der Waals surface area contributed by atoms with Gasteiger partial charge in [-0.15, -0.1) is 0 Å². The molecule has 0 radical (unpaired) electrons. The SMILES string of the molecule is CCn1ncnc1C(O)C1(C)CC1F. The number of aliphatic hydroxyl groups is 1. The highest BCUT2D eigenvalue weighted by molar-refractivity contribution is 5.11. The minimum absolute atomic E-state index is 0.407. The van der Waals surface area contributed by atoms with Crippen molar-refractivity contribution in [3.05, 3.63) is 12.2 Å². The third kappa shape index (κ3) is 1.23. The second-order valence-electron chi connectivity index (χ2n) is 4.01. The van der Waals surface area contributed by atoms with Crippen molar-refractivity contribution in [1.29, 1.82) is 0 Å². The summed E-state index contributed by atoms with van der Waals surface area (Å²) in [5.74, 6) is 0.468. The summed E-state index contributed by atoms with van der Waals surface area (Å²) in [5.41, 5.74) is -0.653. The Bertz CT molecular complexity index is 341. The first-order chi connectivity index (χ1) is 6.59. The zero-order valence-electron chi connectivity index (χ0n) is 8.31. The van der Waals surface area contributed by atoms with E-state index in [1.54, 1.807) is 11.6 Å². The standard InChI is InChI=1S/C9H14FN3O/c1-3-13-8(11-5-12-13)7(14)9(2)4-6(9)10/h5-7,14H,3-4H2,1-2H3. The fourth-order valence-electron chi connectivity index (χ4n) is 1.63. The van der Waals surface area contributed by atoms with Gasteiger partial charge in [-0.1, -0.05) is 6.92 Å². The van der Waals surface area contributed by atoms with Crippen molar-refractivity contribution in [1.82, 2.24) is 14.8 Å². The van der Waals surface area contributed by atoms with E-state index in [1.165, 1.54) is 6.33 Å². The highest BCUT2D eigenvalue weighted by Crippen LogP contribution is 2.56. The van der Waals surface area contributed by atoms with E-state index in [0.29, 0.717) is 18.8 Å². The topological polar surface area (TPSA) is 50.9 Å². The van der Waals surface area contributed by atoms with Gasteiger partial charge in [0.25, 0.3) is 0 Å². The maximum Gasteiger partial charge on any atom is 0.156 e. The van der Waals surface area contributed by atoms with Crippen LogP contribution >= 0.6 is 0 Å². The van der Waals surface area contributed by atoms with Crippen molar-refractivity contribution in [3.63, 3.8) is 0 Å². The molecular weight excluding hydrogens is 185 g/mol. The molecule has 78 valence electrons. The number of aromatic nitrogens is 3. The van der Waals surface area contributed by atoms with Gasteiger partial charge >= 0.3 is 0 Å². The number of nitrogens with zero attached hydrogens (tertiary/aromatic N) is 3. The van der Waals surface area contributed by atoms with E-state index in [-0.39, 0.29) is 0 Å². The van der Waals surface area contributed by atoms with Crippen LogP contribution in [0, 0.1) is 5.41 Å². The number of aliphatic hydroxyl groups excluding tert-OH is 1. The van der Waals surface area contributed by atoms with E-state index < -0.39 is 17.7 Å². The smallest absolute Gasteiger partial charge is 0.156 e. The predicted molar refractivity (Wildman–Crippen MR) is 48.3 cm³/mol. The molecule has 5 heteroatoms. The Kier molecular flexibility index (Phi) is 2.06. The normalized spacial score (nSPS) is 33.0. The van der Waals surface area contributed by atoms with Crippen molar-refractivity contribution < 1.29 is 9.50 Å². The maximum atomic E-state index is 13.0. The molecule has 3 unspecified atom stereocenters. The Morgan fingerprint density at radius 2 is 2.50 bits per heavy atom. The van der Waals surface area contributed by atoms with Crippen LogP contribution in [0.1, 0.15) is 32.2 Å². The summed E-state index contributed by atoms with van der Waals surface area (Å²) in [7, 11) is 0. The predicted octanol–water partition coefficient (Wildman–Crippen LogP) is 1.08. The molecule has 14 heavy (non-hydrogen) atoms. The average molecular weight is 199 g/mol. The summed E-state index contributed by atoms with van der Waals surface area (Å²) >= 11 is 0. The van der Waals surface area contributed by atoms with E-state index in [2.05, 4.69) is 10.1 Å². The van der Waals surface area contributed by atoms with Gasteiger partial charge in [0.15, 0.2) is 5.82 Å². The van der Waals surface area contributed by atoms with Crippen LogP contribution in [0.5, 0.6) is 0 Å². The Hall–Kier alpha value is -0.970. The van der Waals surface area contributed by atoms with Crippen LogP contribution in [0.4, 0.5) is 4.39 Å². The molecule has 1 aromatic heterocycles. The molecule has 1 fully saturated rings. The molecule has 0 aliphatic heterocycles. The van der Waals surface area contributed by atoms with Crippen LogP contribution in [-0.2, 0) is 6.54 Å². The molecule has 1 aromatic rings. The zero-order chi connectivity index (χ0) is 10.3. The summed E-state index contributed by atoms with van der Waals surface area (Å²) < 4.78 is 14.6. The lowest BCUT2D eigenvalue weighted by molar-refractivity contribution is 0.0750. The highest BCUT2D eigenvalue weighted by Gasteiger charge is 2.57. The number of aryl methyl sites for hydroxylation is 1. The molecule has 0 saturated heterocycles. The number of alkyl halides is 1. The molecule has 0 amide bonds. The van der Waals surface area contributed by atoms with Crippen LogP contribution in [0.15, 0.2) is 6.33 Å². The number of rotatable bonds is 3. The van der Waals surface area contributed by atoms with Gasteiger partial charge in [0.1, 0.15) is 18.6 Å². The summed E-state index contributed by atoms with van der Waals surface area (Å²) in [5, 5.41) is 13.9. The van der Waals surface area contributed by atoms with Gasteiger partial charge in [-0.05, 0) is 13.3 Å². The van der Waals surface area contributed by atoms with Gasteiger partial charge in [0, 0.05) is 12.0 Å². The number of hydrogen-bond acceptors (Lipinski definition) is 3. The molecule has 0 spiro atoms. The van der Waals surface area contributed by atoms with Crippen LogP contribution in [0.25, 0.3) is 0 Å². The van der Waals surface area contributed by atoms with E-state index in [1.807, 2.05) is 6.92 Å². The van der Waals surface area contributed by atoms with E-state index in [9.17, 15) is 9.50 Å². The summed E-state index contributed by atoms with van der Waals surface area (Å²) in [6.07, 6.45) is 0.0330. The van der Waals surface area contributed by atoms with Crippen LogP contribution < -0.4 is 0 Å². The minimum atomic E-state index is -0.917. The van der Waals surface area contributed by atoms with E-state index in [4.69, 9.17) is 0 Å². The van der Waals surface area contributed by atoms with Gasteiger partial charge in [-0.25, -0.2) is 14.1 Å². The molecule has 1 N–H and O–H groups in total. The number of halogens is 1. The van der Waals surface area contributed by atoms with Crippen LogP contribution in [0.3, 0.4) is 0 Å². The van der Waals surface area contributed by atoms with Crippen LogP contribution in [-0.4, -0.2) is 26.0 Å². The van der Waals surface area contributed by atoms with Crippen molar-refractivity contribution in [2.45, 2.75) is 39.1 Å². The molecule has 0 bridgehead atoms. The lowest BCUT2D eigenvalue weighted by Gasteiger charge is -2.16.